The minimum absolute atomic E-state index is 0.00367. The van der Waals surface area contributed by atoms with Crippen molar-refractivity contribution < 1.29 is 9.53 Å². The first kappa shape index (κ1) is 20.0. The van der Waals surface area contributed by atoms with Gasteiger partial charge in [0.1, 0.15) is 5.82 Å². The van der Waals surface area contributed by atoms with Gasteiger partial charge in [-0.15, -0.1) is 0 Å². The highest BCUT2D eigenvalue weighted by molar-refractivity contribution is 5.95. The molecule has 0 aromatic carbocycles. The second-order valence-electron chi connectivity index (χ2n) is 6.92. The van der Waals surface area contributed by atoms with Gasteiger partial charge < -0.3 is 15.4 Å². The Hall–Kier alpha value is -2.09. The molecule has 0 aliphatic heterocycles. The van der Waals surface area contributed by atoms with Crippen molar-refractivity contribution in [1.29, 1.82) is 0 Å². The van der Waals surface area contributed by atoms with Crippen LogP contribution in [-0.2, 0) is 16.1 Å². The van der Waals surface area contributed by atoms with E-state index in [1.165, 1.54) is 16.6 Å². The number of aromatic nitrogens is 2. The fourth-order valence-electron chi connectivity index (χ4n) is 2.38. The summed E-state index contributed by atoms with van der Waals surface area (Å²) in [6, 6.07) is 0. The molecule has 1 aromatic heterocycles. The number of anilines is 2. The predicted molar refractivity (Wildman–Crippen MR) is 94.3 cm³/mol. The van der Waals surface area contributed by atoms with Crippen molar-refractivity contribution in [1.82, 2.24) is 9.55 Å². The first-order valence-corrected chi connectivity index (χ1v) is 8.04. The van der Waals surface area contributed by atoms with Gasteiger partial charge >= 0.3 is 5.69 Å². The van der Waals surface area contributed by atoms with Crippen LogP contribution < -0.4 is 21.9 Å². The third kappa shape index (κ3) is 4.95. The third-order valence-corrected chi connectivity index (χ3v) is 3.43. The van der Waals surface area contributed by atoms with Gasteiger partial charge in [0.25, 0.3) is 5.56 Å². The van der Waals surface area contributed by atoms with Gasteiger partial charge in [0, 0.05) is 26.6 Å². The maximum Gasteiger partial charge on any atom is 0.330 e. The number of nitrogens with two attached hydrogens (primary N) is 1. The minimum atomic E-state index is -0.664. The normalized spacial score (nSPS) is 11.5. The summed E-state index contributed by atoms with van der Waals surface area (Å²) in [5.41, 5.74) is 4.58. The van der Waals surface area contributed by atoms with Gasteiger partial charge in [0.2, 0.25) is 5.91 Å². The molecule has 0 saturated carbocycles. The third-order valence-electron chi connectivity index (χ3n) is 3.43. The summed E-state index contributed by atoms with van der Waals surface area (Å²) in [6.45, 7) is 8.50. The van der Waals surface area contributed by atoms with Crippen LogP contribution in [0.15, 0.2) is 9.59 Å². The number of hydrogen-bond donors (Lipinski definition) is 2. The smallest absolute Gasteiger partial charge is 0.330 e. The summed E-state index contributed by atoms with van der Waals surface area (Å²) >= 11 is 0. The van der Waals surface area contributed by atoms with Gasteiger partial charge in [-0.05, 0) is 11.8 Å². The number of amides is 1. The Labute approximate surface area is 141 Å². The average molecular weight is 340 g/mol. The van der Waals surface area contributed by atoms with Crippen LogP contribution in [0.3, 0.4) is 0 Å². The zero-order chi connectivity index (χ0) is 18.5. The summed E-state index contributed by atoms with van der Waals surface area (Å²) < 4.78 is 6.32. The lowest BCUT2D eigenvalue weighted by Gasteiger charge is -2.27. The minimum Gasteiger partial charge on any atom is -0.383 e. The van der Waals surface area contributed by atoms with Crippen LogP contribution in [0.2, 0.25) is 0 Å². The number of nitrogen functional groups attached to an aromatic ring is 1. The monoisotopic (exact) mass is 340 g/mol. The molecule has 0 atom stereocenters. The van der Waals surface area contributed by atoms with Crippen LogP contribution in [0.5, 0.6) is 0 Å². The Morgan fingerprint density at radius 3 is 2.46 bits per heavy atom. The highest BCUT2D eigenvalue weighted by atomic mass is 16.5. The molecule has 1 heterocycles. The molecule has 1 rings (SSSR count). The van der Waals surface area contributed by atoms with E-state index in [2.05, 4.69) is 4.98 Å². The number of aromatic amines is 1. The average Bonchev–Trinajstić information content (AvgIpc) is 2.44. The number of nitrogens with one attached hydrogen (secondary N) is 1. The van der Waals surface area contributed by atoms with E-state index in [1.54, 1.807) is 0 Å². The van der Waals surface area contributed by atoms with Gasteiger partial charge in [-0.1, -0.05) is 27.7 Å². The van der Waals surface area contributed by atoms with E-state index in [4.69, 9.17) is 10.5 Å². The number of carbonyl (C=O) groups is 1. The molecule has 0 saturated heterocycles. The fourth-order valence-corrected chi connectivity index (χ4v) is 2.38. The van der Waals surface area contributed by atoms with E-state index in [-0.39, 0.29) is 42.4 Å². The van der Waals surface area contributed by atoms with E-state index >= 15 is 0 Å². The number of hydrogen-bond acceptors (Lipinski definition) is 5. The van der Waals surface area contributed by atoms with E-state index in [9.17, 15) is 14.4 Å². The lowest BCUT2D eigenvalue weighted by Crippen LogP contribution is -2.43. The summed E-state index contributed by atoms with van der Waals surface area (Å²) in [5.74, 6) is -0.234. The molecule has 1 aromatic rings. The van der Waals surface area contributed by atoms with Crippen molar-refractivity contribution in [2.24, 2.45) is 5.41 Å². The molecule has 0 fully saturated rings. The molecule has 0 unspecified atom stereocenters. The van der Waals surface area contributed by atoms with Crippen LogP contribution in [-0.4, -0.2) is 35.7 Å². The largest absolute Gasteiger partial charge is 0.383 e. The van der Waals surface area contributed by atoms with Crippen molar-refractivity contribution in [3.05, 3.63) is 20.8 Å². The molecule has 0 spiro atoms. The van der Waals surface area contributed by atoms with Gasteiger partial charge in [0.05, 0.1) is 6.61 Å². The highest BCUT2D eigenvalue weighted by Gasteiger charge is 2.27. The topological polar surface area (TPSA) is 110 Å². The summed E-state index contributed by atoms with van der Waals surface area (Å²) in [4.78, 5) is 40.5. The van der Waals surface area contributed by atoms with Gasteiger partial charge in [-0.25, -0.2) is 4.79 Å². The molecule has 136 valence electrons. The number of rotatable bonds is 7. The lowest BCUT2D eigenvalue weighted by atomic mass is 9.91. The molecular formula is C16H28N4O4. The van der Waals surface area contributed by atoms with Crippen molar-refractivity contribution in [3.63, 3.8) is 0 Å². The summed E-state index contributed by atoms with van der Waals surface area (Å²) in [6.07, 6.45) is 0.909. The number of methoxy groups -OCH3 is 1. The SMILES string of the molecule is CCCn1c(N)c(N(CCOC)C(=O)CC(C)(C)C)c(=O)[nH]c1=O. The number of nitrogens with zero attached hydrogens (tertiary/aromatic N) is 2. The number of carbonyl (C=O) groups excluding carboxylic acids is 1. The number of ether oxygens (including phenoxy) is 1. The molecule has 1 amide bonds. The number of H-pyrrole nitrogens is 1. The van der Waals surface area contributed by atoms with Crippen LogP contribution in [0.25, 0.3) is 0 Å². The van der Waals surface area contributed by atoms with E-state index < -0.39 is 11.2 Å². The molecule has 0 aliphatic rings. The van der Waals surface area contributed by atoms with Gasteiger partial charge in [0.15, 0.2) is 5.69 Å². The van der Waals surface area contributed by atoms with Crippen molar-refractivity contribution in [2.45, 2.75) is 47.1 Å². The van der Waals surface area contributed by atoms with Crippen LogP contribution in [0.1, 0.15) is 40.5 Å². The van der Waals surface area contributed by atoms with Crippen molar-refractivity contribution in [2.75, 3.05) is 30.9 Å². The van der Waals surface area contributed by atoms with E-state index in [0.29, 0.717) is 13.0 Å². The molecule has 3 N–H and O–H groups in total. The van der Waals surface area contributed by atoms with Gasteiger partial charge in [-0.3, -0.25) is 19.1 Å². The Balaban J connectivity index is 3.42. The maximum absolute atomic E-state index is 12.7. The molecule has 0 bridgehead atoms. The van der Waals surface area contributed by atoms with Crippen LogP contribution in [0, 0.1) is 5.41 Å². The maximum atomic E-state index is 12.7. The quantitative estimate of drug-likeness (QED) is 0.767. The summed E-state index contributed by atoms with van der Waals surface area (Å²) in [7, 11) is 1.51. The van der Waals surface area contributed by atoms with Crippen molar-refractivity contribution >= 4 is 17.4 Å². The second-order valence-corrected chi connectivity index (χ2v) is 6.92. The molecule has 0 radical (unpaired) electrons. The Kier molecular flexibility index (Phi) is 6.77. The van der Waals surface area contributed by atoms with E-state index in [1.807, 2.05) is 27.7 Å². The molecule has 8 heteroatoms. The summed E-state index contributed by atoms with van der Waals surface area (Å²) in [5, 5.41) is 0. The standard InChI is InChI=1S/C16H28N4O4/c1-6-7-20-13(17)12(14(22)18-15(20)23)19(8-9-24-5)11(21)10-16(2,3)4/h6-10,17H2,1-5H3,(H,18,22,23). The molecule has 8 nitrogen and oxygen atoms in total. The molecular weight excluding hydrogens is 312 g/mol. The van der Waals surface area contributed by atoms with Crippen LogP contribution in [0.4, 0.5) is 11.5 Å². The Morgan fingerprint density at radius 2 is 1.96 bits per heavy atom. The Bertz CT molecular complexity index is 685. The first-order valence-electron chi connectivity index (χ1n) is 8.04. The van der Waals surface area contributed by atoms with E-state index in [0.717, 1.165) is 0 Å². The Morgan fingerprint density at radius 1 is 1.33 bits per heavy atom. The highest BCUT2D eigenvalue weighted by Crippen LogP contribution is 2.24. The zero-order valence-corrected chi connectivity index (χ0v) is 15.1. The van der Waals surface area contributed by atoms with Gasteiger partial charge in [-0.2, -0.15) is 0 Å². The second kappa shape index (κ2) is 8.14. The lowest BCUT2D eigenvalue weighted by molar-refractivity contribution is -0.120. The fraction of sp³-hybridized carbons (Fsp3) is 0.688. The molecule has 0 aliphatic carbocycles. The predicted octanol–water partition coefficient (Wildman–Crippen LogP) is 0.944. The zero-order valence-electron chi connectivity index (χ0n) is 15.1. The van der Waals surface area contributed by atoms with Crippen LogP contribution >= 0.6 is 0 Å². The first-order chi connectivity index (χ1) is 11.1. The van der Waals surface area contributed by atoms with Crippen molar-refractivity contribution in [3.8, 4) is 0 Å². The molecule has 24 heavy (non-hydrogen) atoms.